The van der Waals surface area contributed by atoms with Crippen molar-refractivity contribution in [3.05, 3.63) is 11.1 Å². The van der Waals surface area contributed by atoms with Crippen LogP contribution in [-0.2, 0) is 16.0 Å². The third-order valence-electron chi connectivity index (χ3n) is 2.59. The van der Waals surface area contributed by atoms with Crippen LogP contribution < -0.4 is 5.32 Å². The maximum absolute atomic E-state index is 10.5. The van der Waals surface area contributed by atoms with Gasteiger partial charge in [-0.2, -0.15) is 0 Å². The molecule has 0 aliphatic carbocycles. The number of rotatable bonds is 10. The number of aromatic nitrogens is 1. The van der Waals surface area contributed by atoms with Gasteiger partial charge >= 0.3 is 5.97 Å². The molecular formula is C12H21N3O3S. The van der Waals surface area contributed by atoms with Gasteiger partial charge in [-0.05, 0) is 7.05 Å². The third-order valence-corrected chi connectivity index (χ3v) is 3.44. The lowest BCUT2D eigenvalue weighted by Crippen LogP contribution is -2.28. The van der Waals surface area contributed by atoms with Crippen molar-refractivity contribution >= 4 is 22.4 Å². The summed E-state index contributed by atoms with van der Waals surface area (Å²) in [7, 11) is 3.74. The molecule has 108 valence electrons. The van der Waals surface area contributed by atoms with Gasteiger partial charge in [0.1, 0.15) is 0 Å². The zero-order chi connectivity index (χ0) is 14.1. The van der Waals surface area contributed by atoms with Crippen molar-refractivity contribution in [1.82, 2.24) is 9.88 Å². The van der Waals surface area contributed by atoms with Crippen LogP contribution in [-0.4, -0.2) is 61.4 Å². The fourth-order valence-electron chi connectivity index (χ4n) is 1.45. The molecule has 0 atom stereocenters. The number of aryl methyl sites for hydroxylation is 1. The van der Waals surface area contributed by atoms with Gasteiger partial charge in [0.25, 0.3) is 0 Å². The maximum Gasteiger partial charge on any atom is 0.303 e. The molecule has 0 aliphatic heterocycles. The van der Waals surface area contributed by atoms with Gasteiger partial charge in [0.2, 0.25) is 0 Å². The molecule has 0 aliphatic rings. The maximum atomic E-state index is 10.5. The van der Waals surface area contributed by atoms with E-state index in [-0.39, 0.29) is 6.42 Å². The Kier molecular flexibility index (Phi) is 7.39. The zero-order valence-electron chi connectivity index (χ0n) is 11.4. The van der Waals surface area contributed by atoms with Crippen LogP contribution in [0.2, 0.25) is 0 Å². The molecule has 0 aromatic carbocycles. The van der Waals surface area contributed by atoms with E-state index in [9.17, 15) is 4.79 Å². The number of carboxylic acids is 1. The molecule has 1 aromatic rings. The van der Waals surface area contributed by atoms with Gasteiger partial charge in [-0.1, -0.05) is 0 Å². The molecule has 0 unspecified atom stereocenters. The van der Waals surface area contributed by atoms with Crippen molar-refractivity contribution < 1.29 is 14.6 Å². The summed E-state index contributed by atoms with van der Waals surface area (Å²) in [5.41, 5.74) is 0.836. The second-order valence-electron chi connectivity index (χ2n) is 4.26. The van der Waals surface area contributed by atoms with E-state index in [1.165, 1.54) is 11.3 Å². The van der Waals surface area contributed by atoms with Gasteiger partial charge in [0.05, 0.1) is 18.7 Å². The van der Waals surface area contributed by atoms with Crippen molar-refractivity contribution in [2.45, 2.75) is 12.8 Å². The minimum atomic E-state index is -0.790. The predicted molar refractivity (Wildman–Crippen MR) is 75.9 cm³/mol. The molecule has 0 amide bonds. The van der Waals surface area contributed by atoms with Crippen molar-refractivity contribution in [3.63, 3.8) is 0 Å². The highest BCUT2D eigenvalue weighted by atomic mass is 32.1. The van der Waals surface area contributed by atoms with Gasteiger partial charge in [-0.15, -0.1) is 11.3 Å². The molecule has 0 radical (unpaired) electrons. The molecule has 1 aromatic heterocycles. The lowest BCUT2D eigenvalue weighted by Gasteiger charge is -2.15. The zero-order valence-corrected chi connectivity index (χ0v) is 12.2. The second-order valence-corrected chi connectivity index (χ2v) is 5.12. The Morgan fingerprint density at radius 1 is 1.58 bits per heavy atom. The van der Waals surface area contributed by atoms with Crippen molar-refractivity contribution in [3.8, 4) is 0 Å². The van der Waals surface area contributed by atoms with Crippen LogP contribution in [0.15, 0.2) is 5.38 Å². The number of nitrogens with one attached hydrogen (secondary N) is 1. The average molecular weight is 287 g/mol. The summed E-state index contributed by atoms with van der Waals surface area (Å²) in [6.45, 7) is 3.35. The van der Waals surface area contributed by atoms with Gasteiger partial charge in [0.15, 0.2) is 5.13 Å². The first kappa shape index (κ1) is 15.9. The molecule has 0 spiro atoms. The highest BCUT2D eigenvalue weighted by molar-refractivity contribution is 7.13. The van der Waals surface area contributed by atoms with Crippen LogP contribution in [0.1, 0.15) is 12.1 Å². The van der Waals surface area contributed by atoms with Crippen LogP contribution in [0.3, 0.4) is 0 Å². The van der Waals surface area contributed by atoms with Gasteiger partial charge < -0.3 is 20.1 Å². The van der Waals surface area contributed by atoms with Crippen LogP contribution in [0.4, 0.5) is 5.13 Å². The summed E-state index contributed by atoms with van der Waals surface area (Å²) in [4.78, 5) is 17.0. The summed E-state index contributed by atoms with van der Waals surface area (Å²) >= 11 is 1.51. The molecule has 6 nitrogen and oxygen atoms in total. The Balaban J connectivity index is 2.20. The molecule has 1 rings (SSSR count). The van der Waals surface area contributed by atoms with E-state index >= 15 is 0 Å². The highest BCUT2D eigenvalue weighted by Gasteiger charge is 2.04. The van der Waals surface area contributed by atoms with Crippen LogP contribution in [0.5, 0.6) is 0 Å². The topological polar surface area (TPSA) is 74.7 Å². The van der Waals surface area contributed by atoms with Crippen molar-refractivity contribution in [2.75, 3.05) is 45.7 Å². The number of carboxylic acid groups (broad SMARTS) is 1. The summed E-state index contributed by atoms with van der Waals surface area (Å²) in [6.07, 6.45) is 0.615. The normalized spacial score (nSPS) is 10.9. The summed E-state index contributed by atoms with van der Waals surface area (Å²) in [5.74, 6) is -0.790. The Bertz CT molecular complexity index is 384. The smallest absolute Gasteiger partial charge is 0.303 e. The Hall–Kier alpha value is -1.18. The molecule has 0 bridgehead atoms. The molecule has 0 saturated heterocycles. The Morgan fingerprint density at radius 3 is 3.05 bits per heavy atom. The van der Waals surface area contributed by atoms with E-state index in [4.69, 9.17) is 9.84 Å². The van der Waals surface area contributed by atoms with E-state index in [0.29, 0.717) is 6.42 Å². The molecule has 2 N–H and O–H groups in total. The minimum absolute atomic E-state index is 0.128. The number of ether oxygens (including phenoxy) is 1. The highest BCUT2D eigenvalue weighted by Crippen LogP contribution is 2.16. The van der Waals surface area contributed by atoms with E-state index in [1.807, 2.05) is 12.4 Å². The van der Waals surface area contributed by atoms with Gasteiger partial charge in [-0.3, -0.25) is 4.79 Å². The number of carbonyl (C=O) groups is 1. The van der Waals surface area contributed by atoms with E-state index in [0.717, 1.165) is 37.1 Å². The van der Waals surface area contributed by atoms with Crippen molar-refractivity contribution in [2.24, 2.45) is 0 Å². The number of hydrogen-bond donors (Lipinski definition) is 2. The number of nitrogens with zero attached hydrogens (tertiary/aromatic N) is 2. The van der Waals surface area contributed by atoms with E-state index in [2.05, 4.69) is 15.2 Å². The number of methoxy groups -OCH3 is 1. The first-order valence-electron chi connectivity index (χ1n) is 6.19. The van der Waals surface area contributed by atoms with Crippen LogP contribution in [0, 0.1) is 0 Å². The molecule has 7 heteroatoms. The summed E-state index contributed by atoms with van der Waals surface area (Å²) < 4.78 is 5.01. The summed E-state index contributed by atoms with van der Waals surface area (Å²) in [6, 6.07) is 0. The first-order valence-corrected chi connectivity index (χ1v) is 7.07. The first-order chi connectivity index (χ1) is 9.11. The second kappa shape index (κ2) is 8.84. The number of likely N-dealkylation sites (N-methyl/N-ethyl adjacent to an activating group) is 1. The Morgan fingerprint density at radius 2 is 2.37 bits per heavy atom. The lowest BCUT2D eigenvalue weighted by atomic mass is 10.2. The van der Waals surface area contributed by atoms with Crippen LogP contribution >= 0.6 is 11.3 Å². The third kappa shape index (κ3) is 7.09. The predicted octanol–water partition coefficient (Wildman–Crippen LogP) is 1.15. The Labute approximate surface area is 117 Å². The standard InChI is InChI=1S/C12H21N3O3S/c1-15(7-8-18-2)6-5-13-12-14-10(9-19-12)3-4-11(16)17/h9H,3-8H2,1-2H3,(H,13,14)(H,16,17). The molecule has 0 fully saturated rings. The average Bonchev–Trinajstić information content (AvgIpc) is 2.82. The van der Waals surface area contributed by atoms with Crippen LogP contribution in [0.25, 0.3) is 0 Å². The number of thiazole rings is 1. The monoisotopic (exact) mass is 287 g/mol. The molecule has 1 heterocycles. The summed E-state index contributed by atoms with van der Waals surface area (Å²) in [5, 5.41) is 14.6. The van der Waals surface area contributed by atoms with Gasteiger partial charge in [0, 0.05) is 38.5 Å². The molecule has 0 saturated carbocycles. The SMILES string of the molecule is COCCN(C)CCNc1nc(CCC(=O)O)cs1. The minimum Gasteiger partial charge on any atom is -0.481 e. The van der Waals surface area contributed by atoms with Gasteiger partial charge in [-0.25, -0.2) is 4.98 Å². The number of hydrogen-bond acceptors (Lipinski definition) is 6. The van der Waals surface area contributed by atoms with E-state index < -0.39 is 5.97 Å². The molecule has 19 heavy (non-hydrogen) atoms. The van der Waals surface area contributed by atoms with Crippen molar-refractivity contribution in [1.29, 1.82) is 0 Å². The largest absolute Gasteiger partial charge is 0.481 e. The van der Waals surface area contributed by atoms with E-state index in [1.54, 1.807) is 7.11 Å². The molecular weight excluding hydrogens is 266 g/mol. The fourth-order valence-corrected chi connectivity index (χ4v) is 2.22. The number of anilines is 1. The number of aliphatic carboxylic acids is 1. The quantitative estimate of drug-likeness (QED) is 0.672. The lowest BCUT2D eigenvalue weighted by molar-refractivity contribution is -0.136. The fraction of sp³-hybridized carbons (Fsp3) is 0.667.